The van der Waals surface area contributed by atoms with Gasteiger partial charge in [0.05, 0.1) is 6.10 Å². The Labute approximate surface area is 126 Å². The summed E-state index contributed by atoms with van der Waals surface area (Å²) in [5.74, 6) is 0. The maximum absolute atomic E-state index is 5.79. The molecule has 1 aliphatic rings. The van der Waals surface area contributed by atoms with E-state index < -0.39 is 0 Å². The van der Waals surface area contributed by atoms with E-state index in [1.807, 2.05) is 0 Å². The molecule has 1 rings (SSSR count). The van der Waals surface area contributed by atoms with Crippen LogP contribution in [0.25, 0.3) is 0 Å². The lowest BCUT2D eigenvalue weighted by Gasteiger charge is -2.44. The lowest BCUT2D eigenvalue weighted by atomic mass is 9.87. The third-order valence-corrected chi connectivity index (χ3v) is 4.87. The Morgan fingerprint density at radius 2 is 1.95 bits per heavy atom. The summed E-state index contributed by atoms with van der Waals surface area (Å²) in [6.45, 7) is 15.9. The molecule has 0 saturated carbocycles. The van der Waals surface area contributed by atoms with Gasteiger partial charge in [0.2, 0.25) is 0 Å². The molecule has 0 aromatic carbocycles. The fraction of sp³-hybridized carbons (Fsp3) is 1.00. The van der Waals surface area contributed by atoms with E-state index >= 15 is 0 Å². The fourth-order valence-corrected chi connectivity index (χ4v) is 3.51. The third kappa shape index (κ3) is 5.01. The zero-order chi connectivity index (χ0) is 15.0. The van der Waals surface area contributed by atoms with Crippen molar-refractivity contribution in [1.82, 2.24) is 10.2 Å². The van der Waals surface area contributed by atoms with Gasteiger partial charge in [-0.3, -0.25) is 4.90 Å². The summed E-state index contributed by atoms with van der Waals surface area (Å²) in [6, 6.07) is 0.548. The summed E-state index contributed by atoms with van der Waals surface area (Å²) in [5.41, 5.74) is 0.206. The number of nitrogens with one attached hydrogen (secondary N) is 1. The molecular weight excluding hydrogens is 248 g/mol. The van der Waals surface area contributed by atoms with Gasteiger partial charge in [-0.1, -0.05) is 20.8 Å². The highest BCUT2D eigenvalue weighted by molar-refractivity contribution is 4.93. The number of rotatable bonds is 10. The van der Waals surface area contributed by atoms with Gasteiger partial charge < -0.3 is 10.1 Å². The molecule has 0 bridgehead atoms. The Hall–Kier alpha value is -0.120. The van der Waals surface area contributed by atoms with E-state index in [9.17, 15) is 0 Å². The van der Waals surface area contributed by atoms with Crippen molar-refractivity contribution in [2.75, 3.05) is 26.2 Å². The van der Waals surface area contributed by atoms with Crippen molar-refractivity contribution in [1.29, 1.82) is 0 Å². The summed E-state index contributed by atoms with van der Waals surface area (Å²) in [5, 5.41) is 3.79. The SMILES string of the molecule is CCCNC(CCC1CCCO1)C(C)(C)N(CC)CC. The smallest absolute Gasteiger partial charge is 0.0576 e. The second-order valence-corrected chi connectivity index (χ2v) is 6.55. The van der Waals surface area contributed by atoms with Crippen molar-refractivity contribution < 1.29 is 4.74 Å². The zero-order valence-corrected chi connectivity index (χ0v) is 14.4. The van der Waals surface area contributed by atoms with Crippen LogP contribution < -0.4 is 5.32 Å². The zero-order valence-electron chi connectivity index (χ0n) is 14.4. The monoisotopic (exact) mass is 284 g/mol. The topological polar surface area (TPSA) is 24.5 Å². The predicted octanol–water partition coefficient (Wildman–Crippen LogP) is 3.43. The van der Waals surface area contributed by atoms with Gasteiger partial charge in [-0.15, -0.1) is 0 Å². The molecule has 1 N–H and O–H groups in total. The minimum atomic E-state index is 0.206. The van der Waals surface area contributed by atoms with E-state index in [1.165, 1.54) is 32.1 Å². The lowest BCUT2D eigenvalue weighted by molar-refractivity contribution is 0.0657. The van der Waals surface area contributed by atoms with Crippen LogP contribution in [0.3, 0.4) is 0 Å². The van der Waals surface area contributed by atoms with Crippen LogP contribution in [0.5, 0.6) is 0 Å². The molecular formula is C17H36N2O. The van der Waals surface area contributed by atoms with Gasteiger partial charge in [0.1, 0.15) is 0 Å². The first kappa shape index (κ1) is 17.9. The first-order chi connectivity index (χ1) is 9.56. The molecule has 0 aliphatic carbocycles. The third-order valence-electron chi connectivity index (χ3n) is 4.87. The van der Waals surface area contributed by atoms with E-state index in [1.54, 1.807) is 0 Å². The highest BCUT2D eigenvalue weighted by Crippen LogP contribution is 2.25. The molecule has 1 saturated heterocycles. The molecule has 0 aromatic rings. The molecule has 2 unspecified atom stereocenters. The van der Waals surface area contributed by atoms with Crippen molar-refractivity contribution in [2.24, 2.45) is 0 Å². The molecule has 0 radical (unpaired) electrons. The van der Waals surface area contributed by atoms with Gasteiger partial charge in [0.15, 0.2) is 0 Å². The van der Waals surface area contributed by atoms with Gasteiger partial charge in [-0.2, -0.15) is 0 Å². The fourth-order valence-electron chi connectivity index (χ4n) is 3.51. The number of ether oxygens (including phenoxy) is 1. The number of hydrogen-bond donors (Lipinski definition) is 1. The van der Waals surface area contributed by atoms with Gasteiger partial charge in [0.25, 0.3) is 0 Å². The van der Waals surface area contributed by atoms with Crippen LogP contribution in [0.1, 0.15) is 66.7 Å². The minimum Gasteiger partial charge on any atom is -0.378 e. The van der Waals surface area contributed by atoms with Crippen molar-refractivity contribution in [3.05, 3.63) is 0 Å². The van der Waals surface area contributed by atoms with E-state index in [-0.39, 0.29) is 5.54 Å². The van der Waals surface area contributed by atoms with Crippen molar-refractivity contribution in [2.45, 2.75) is 84.4 Å². The molecule has 2 atom stereocenters. The molecule has 0 amide bonds. The standard InChI is InChI=1S/C17H36N2O/c1-6-13-18-16(12-11-15-10-9-14-20-15)17(4,5)19(7-2)8-3/h15-16,18H,6-14H2,1-5H3. The summed E-state index contributed by atoms with van der Waals surface area (Å²) in [4.78, 5) is 2.58. The maximum Gasteiger partial charge on any atom is 0.0576 e. The van der Waals surface area contributed by atoms with Gasteiger partial charge in [0, 0.05) is 18.2 Å². The average Bonchev–Trinajstić information content (AvgIpc) is 2.92. The van der Waals surface area contributed by atoms with E-state index in [0.29, 0.717) is 12.1 Å². The minimum absolute atomic E-state index is 0.206. The largest absolute Gasteiger partial charge is 0.378 e. The summed E-state index contributed by atoms with van der Waals surface area (Å²) >= 11 is 0. The first-order valence-electron chi connectivity index (χ1n) is 8.66. The van der Waals surface area contributed by atoms with Crippen LogP contribution in [0.2, 0.25) is 0 Å². The highest BCUT2D eigenvalue weighted by Gasteiger charge is 2.34. The van der Waals surface area contributed by atoms with Gasteiger partial charge in [-0.05, 0) is 65.6 Å². The summed E-state index contributed by atoms with van der Waals surface area (Å²) < 4.78 is 5.79. The van der Waals surface area contributed by atoms with E-state index in [0.717, 1.165) is 26.2 Å². The van der Waals surface area contributed by atoms with E-state index in [2.05, 4.69) is 44.8 Å². The Kier molecular flexibility index (Phi) is 8.08. The Bertz CT molecular complexity index is 245. The molecule has 0 aromatic heterocycles. The molecule has 3 heteroatoms. The van der Waals surface area contributed by atoms with Crippen molar-refractivity contribution >= 4 is 0 Å². The predicted molar refractivity (Wildman–Crippen MR) is 87.3 cm³/mol. The first-order valence-corrected chi connectivity index (χ1v) is 8.66. The second kappa shape index (κ2) is 9.01. The van der Waals surface area contributed by atoms with Gasteiger partial charge >= 0.3 is 0 Å². The number of hydrogen-bond acceptors (Lipinski definition) is 3. The molecule has 1 aliphatic heterocycles. The highest BCUT2D eigenvalue weighted by atomic mass is 16.5. The quantitative estimate of drug-likeness (QED) is 0.665. The maximum atomic E-state index is 5.79. The summed E-state index contributed by atoms with van der Waals surface area (Å²) in [7, 11) is 0. The summed E-state index contributed by atoms with van der Waals surface area (Å²) in [6.07, 6.45) is 6.63. The Morgan fingerprint density at radius 1 is 1.25 bits per heavy atom. The normalized spacial score (nSPS) is 21.6. The number of nitrogens with zero attached hydrogens (tertiary/aromatic N) is 1. The molecule has 1 heterocycles. The van der Waals surface area contributed by atoms with Crippen LogP contribution in [-0.2, 0) is 4.74 Å². The van der Waals surface area contributed by atoms with Crippen LogP contribution in [-0.4, -0.2) is 48.8 Å². The van der Waals surface area contributed by atoms with Crippen LogP contribution >= 0.6 is 0 Å². The Balaban J connectivity index is 2.60. The molecule has 120 valence electrons. The van der Waals surface area contributed by atoms with Crippen molar-refractivity contribution in [3.8, 4) is 0 Å². The molecule has 3 nitrogen and oxygen atoms in total. The van der Waals surface area contributed by atoms with Crippen LogP contribution in [0.15, 0.2) is 0 Å². The molecule has 0 spiro atoms. The lowest BCUT2D eigenvalue weighted by Crippen LogP contribution is -2.58. The van der Waals surface area contributed by atoms with Crippen LogP contribution in [0, 0.1) is 0 Å². The molecule has 1 fully saturated rings. The molecule has 20 heavy (non-hydrogen) atoms. The van der Waals surface area contributed by atoms with Crippen molar-refractivity contribution in [3.63, 3.8) is 0 Å². The van der Waals surface area contributed by atoms with E-state index in [4.69, 9.17) is 4.74 Å². The van der Waals surface area contributed by atoms with Gasteiger partial charge in [-0.25, -0.2) is 0 Å². The Morgan fingerprint density at radius 3 is 2.45 bits per heavy atom. The average molecular weight is 284 g/mol. The number of likely N-dealkylation sites (N-methyl/N-ethyl adjacent to an activating group) is 1. The second-order valence-electron chi connectivity index (χ2n) is 6.55. The van der Waals surface area contributed by atoms with Crippen LogP contribution in [0.4, 0.5) is 0 Å².